The van der Waals surface area contributed by atoms with Crippen molar-refractivity contribution >= 4 is 11.6 Å². The van der Waals surface area contributed by atoms with Crippen LogP contribution in [-0.2, 0) is 0 Å². The van der Waals surface area contributed by atoms with E-state index in [0.717, 1.165) is 30.7 Å². The number of allylic oxidation sites excluding steroid dienone is 4. The van der Waals surface area contributed by atoms with Gasteiger partial charge < -0.3 is 5.32 Å². The monoisotopic (exact) mass is 199 g/mol. The van der Waals surface area contributed by atoms with E-state index < -0.39 is 0 Å². The topological polar surface area (TPSA) is 12.0 Å². The fourth-order valence-corrected chi connectivity index (χ4v) is 1.69. The van der Waals surface area contributed by atoms with Crippen LogP contribution >= 0.6 is 11.6 Å². The number of nitrogens with one attached hydrogen (secondary N) is 1. The van der Waals surface area contributed by atoms with Crippen molar-refractivity contribution in [1.82, 2.24) is 5.32 Å². The maximum absolute atomic E-state index is 6.12. The van der Waals surface area contributed by atoms with Crippen LogP contribution in [0.25, 0.3) is 0 Å². The summed E-state index contributed by atoms with van der Waals surface area (Å²) in [6, 6.07) is 0.576. The zero-order chi connectivity index (χ0) is 9.68. The van der Waals surface area contributed by atoms with Crippen LogP contribution in [0.15, 0.2) is 22.8 Å². The minimum Gasteiger partial charge on any atom is -0.317 e. The molecule has 0 fully saturated rings. The Hall–Kier alpha value is -0.270. The number of halogens is 1. The molecule has 0 spiro atoms. The summed E-state index contributed by atoms with van der Waals surface area (Å²) in [5, 5.41) is 4.29. The molecule has 1 nitrogen and oxygen atoms in total. The molecule has 0 radical (unpaired) electrons. The van der Waals surface area contributed by atoms with Gasteiger partial charge in [0.15, 0.2) is 0 Å². The molecule has 1 N–H and O–H groups in total. The first-order valence-corrected chi connectivity index (χ1v) is 5.33. The highest BCUT2D eigenvalue weighted by molar-refractivity contribution is 6.30. The van der Waals surface area contributed by atoms with E-state index in [1.54, 1.807) is 0 Å². The van der Waals surface area contributed by atoms with Gasteiger partial charge in [0.2, 0.25) is 0 Å². The van der Waals surface area contributed by atoms with Gasteiger partial charge in [-0.2, -0.15) is 0 Å². The molecule has 1 aliphatic carbocycles. The Kier molecular flexibility index (Phi) is 4.54. The van der Waals surface area contributed by atoms with Gasteiger partial charge >= 0.3 is 0 Å². The Labute approximate surface area is 85.9 Å². The Morgan fingerprint density at radius 1 is 1.62 bits per heavy atom. The van der Waals surface area contributed by atoms with Crippen molar-refractivity contribution in [2.24, 2.45) is 0 Å². The van der Waals surface area contributed by atoms with Gasteiger partial charge in [0, 0.05) is 11.1 Å². The predicted molar refractivity (Wildman–Crippen MR) is 59.0 cm³/mol. The smallest absolute Gasteiger partial charge is 0.0215 e. The van der Waals surface area contributed by atoms with Gasteiger partial charge in [-0.25, -0.2) is 0 Å². The van der Waals surface area contributed by atoms with Crippen LogP contribution in [-0.4, -0.2) is 13.1 Å². The van der Waals surface area contributed by atoms with Gasteiger partial charge in [-0.1, -0.05) is 23.8 Å². The molecular formula is C11H18ClN. The molecule has 0 amide bonds. The molecule has 0 aliphatic heterocycles. The first-order valence-electron chi connectivity index (χ1n) is 4.95. The van der Waals surface area contributed by atoms with Crippen LogP contribution in [0.5, 0.6) is 0 Å². The van der Waals surface area contributed by atoms with E-state index in [4.69, 9.17) is 11.6 Å². The van der Waals surface area contributed by atoms with Gasteiger partial charge in [-0.15, -0.1) is 0 Å². The minimum absolute atomic E-state index is 0.576. The second-order valence-corrected chi connectivity index (χ2v) is 4.06. The van der Waals surface area contributed by atoms with Crippen molar-refractivity contribution in [3.8, 4) is 0 Å². The molecule has 1 unspecified atom stereocenters. The van der Waals surface area contributed by atoms with Gasteiger partial charge in [0.25, 0.3) is 0 Å². The lowest BCUT2D eigenvalue weighted by Gasteiger charge is -2.13. The molecule has 1 rings (SSSR count). The van der Waals surface area contributed by atoms with Crippen LogP contribution in [0, 0.1) is 0 Å². The lowest BCUT2D eigenvalue weighted by Crippen LogP contribution is -2.20. The van der Waals surface area contributed by atoms with Crippen molar-refractivity contribution in [3.05, 3.63) is 22.8 Å². The molecule has 0 aromatic rings. The highest BCUT2D eigenvalue weighted by atomic mass is 35.5. The van der Waals surface area contributed by atoms with Crippen LogP contribution in [0.3, 0.4) is 0 Å². The molecule has 0 saturated heterocycles. The standard InChI is InChI=1S/C11H18ClN/c1-9(13-2)7-8-10-5-3-4-6-11(10)12/h3,5,9,13H,4,6-8H2,1-2H3. The third-order valence-electron chi connectivity index (χ3n) is 2.54. The van der Waals surface area contributed by atoms with E-state index in [1.807, 2.05) is 7.05 Å². The first-order chi connectivity index (χ1) is 6.24. The fraction of sp³-hybridized carbons (Fsp3) is 0.636. The first kappa shape index (κ1) is 10.8. The van der Waals surface area contributed by atoms with Crippen molar-refractivity contribution in [2.45, 2.75) is 38.6 Å². The van der Waals surface area contributed by atoms with E-state index in [1.165, 1.54) is 5.57 Å². The van der Waals surface area contributed by atoms with Gasteiger partial charge in [0.1, 0.15) is 0 Å². The van der Waals surface area contributed by atoms with Crippen molar-refractivity contribution in [2.75, 3.05) is 7.05 Å². The predicted octanol–water partition coefficient (Wildman–Crippen LogP) is 3.22. The molecule has 1 atom stereocenters. The summed E-state index contributed by atoms with van der Waals surface area (Å²) >= 11 is 6.12. The molecular weight excluding hydrogens is 182 g/mol. The maximum Gasteiger partial charge on any atom is 0.0215 e. The van der Waals surface area contributed by atoms with Crippen LogP contribution < -0.4 is 5.32 Å². The number of hydrogen-bond acceptors (Lipinski definition) is 1. The lowest BCUT2D eigenvalue weighted by molar-refractivity contribution is 0.565. The summed E-state index contributed by atoms with van der Waals surface area (Å²) < 4.78 is 0. The van der Waals surface area contributed by atoms with Crippen LogP contribution in [0.4, 0.5) is 0 Å². The Bertz CT molecular complexity index is 218. The van der Waals surface area contributed by atoms with E-state index in [2.05, 4.69) is 24.4 Å². The van der Waals surface area contributed by atoms with E-state index in [-0.39, 0.29) is 0 Å². The normalized spacial score (nSPS) is 19.3. The molecule has 1 aliphatic rings. The summed E-state index contributed by atoms with van der Waals surface area (Å²) in [6.45, 7) is 2.20. The number of hydrogen-bond donors (Lipinski definition) is 1. The summed E-state index contributed by atoms with van der Waals surface area (Å²) in [7, 11) is 2.00. The fourth-order valence-electron chi connectivity index (χ4n) is 1.42. The second kappa shape index (κ2) is 5.46. The summed E-state index contributed by atoms with van der Waals surface area (Å²) in [5.41, 5.74) is 1.33. The SMILES string of the molecule is CNC(C)CCC1=C(Cl)CCC=C1. The quantitative estimate of drug-likeness (QED) is 0.733. The van der Waals surface area contributed by atoms with Gasteiger partial charge in [0.05, 0.1) is 0 Å². The average molecular weight is 200 g/mol. The third-order valence-corrected chi connectivity index (χ3v) is 2.97. The van der Waals surface area contributed by atoms with Crippen molar-refractivity contribution in [3.63, 3.8) is 0 Å². The highest BCUT2D eigenvalue weighted by Gasteiger charge is 2.07. The summed E-state index contributed by atoms with van der Waals surface area (Å²) in [6.07, 6.45) is 8.77. The van der Waals surface area contributed by atoms with Crippen molar-refractivity contribution in [1.29, 1.82) is 0 Å². The Morgan fingerprint density at radius 3 is 3.00 bits per heavy atom. The van der Waals surface area contributed by atoms with Gasteiger partial charge in [-0.05, 0) is 45.2 Å². The third kappa shape index (κ3) is 3.53. The van der Waals surface area contributed by atoms with E-state index in [9.17, 15) is 0 Å². The van der Waals surface area contributed by atoms with E-state index in [0.29, 0.717) is 6.04 Å². The summed E-state index contributed by atoms with van der Waals surface area (Å²) in [4.78, 5) is 0. The zero-order valence-electron chi connectivity index (χ0n) is 8.44. The zero-order valence-corrected chi connectivity index (χ0v) is 9.19. The van der Waals surface area contributed by atoms with Crippen molar-refractivity contribution < 1.29 is 0 Å². The molecule has 0 aromatic carbocycles. The molecule has 0 bridgehead atoms. The second-order valence-electron chi connectivity index (χ2n) is 3.60. The molecule has 0 heterocycles. The largest absolute Gasteiger partial charge is 0.317 e. The van der Waals surface area contributed by atoms with E-state index >= 15 is 0 Å². The molecule has 2 heteroatoms. The van der Waals surface area contributed by atoms with Crippen LogP contribution in [0.1, 0.15) is 32.6 Å². The van der Waals surface area contributed by atoms with Gasteiger partial charge in [-0.3, -0.25) is 0 Å². The molecule has 13 heavy (non-hydrogen) atoms. The Balaban J connectivity index is 2.39. The molecule has 74 valence electrons. The average Bonchev–Trinajstić information content (AvgIpc) is 2.16. The summed E-state index contributed by atoms with van der Waals surface area (Å²) in [5.74, 6) is 0. The number of rotatable bonds is 4. The molecule has 0 aromatic heterocycles. The minimum atomic E-state index is 0.576. The highest BCUT2D eigenvalue weighted by Crippen LogP contribution is 2.25. The maximum atomic E-state index is 6.12. The lowest BCUT2D eigenvalue weighted by atomic mass is 10.0. The molecule has 0 saturated carbocycles. The Morgan fingerprint density at radius 2 is 2.38 bits per heavy atom. The van der Waals surface area contributed by atoms with Crippen LogP contribution in [0.2, 0.25) is 0 Å².